The molecule has 0 unspecified atom stereocenters. The van der Waals surface area contributed by atoms with Crippen molar-refractivity contribution in [3.05, 3.63) is 41.0 Å². The lowest BCUT2D eigenvalue weighted by atomic mass is 10.1. The van der Waals surface area contributed by atoms with Crippen LogP contribution in [-0.2, 0) is 0 Å². The fraction of sp³-hybridized carbons (Fsp3) is 0.385. The Balaban J connectivity index is 2.72. The Morgan fingerprint density at radius 2 is 1.73 bits per heavy atom. The second-order valence-corrected chi connectivity index (χ2v) is 3.97. The minimum absolute atomic E-state index is 0.537. The molecule has 0 saturated heterocycles. The van der Waals surface area contributed by atoms with Crippen LogP contribution in [0.25, 0.3) is 0 Å². The van der Waals surface area contributed by atoms with Crippen LogP contribution in [0.1, 0.15) is 16.7 Å². The first-order valence-corrected chi connectivity index (χ1v) is 5.60. The van der Waals surface area contributed by atoms with Gasteiger partial charge in [-0.25, -0.2) is 0 Å². The first-order chi connectivity index (χ1) is 7.15. The summed E-state index contributed by atoms with van der Waals surface area (Å²) < 4.78 is 5.68. The van der Waals surface area contributed by atoms with Crippen LogP contribution in [0.15, 0.2) is 24.3 Å². The van der Waals surface area contributed by atoms with E-state index in [2.05, 4.69) is 32.9 Å². The van der Waals surface area contributed by atoms with E-state index in [1.165, 1.54) is 16.7 Å². The maximum Gasteiger partial charge on any atom is 0.125 e. The summed E-state index contributed by atoms with van der Waals surface area (Å²) in [7, 11) is 0. The molecule has 0 heterocycles. The zero-order valence-corrected chi connectivity index (χ0v) is 10.3. The Morgan fingerprint density at radius 1 is 1.13 bits per heavy atom. The van der Waals surface area contributed by atoms with E-state index in [4.69, 9.17) is 16.3 Å². The largest absolute Gasteiger partial charge is 0.489 e. The van der Waals surface area contributed by atoms with Gasteiger partial charge in [0.05, 0.1) is 0 Å². The van der Waals surface area contributed by atoms with Gasteiger partial charge < -0.3 is 4.74 Å². The van der Waals surface area contributed by atoms with Crippen LogP contribution in [0.2, 0.25) is 0 Å². The maximum absolute atomic E-state index is 5.68. The molecule has 0 bridgehead atoms. The molecule has 0 N–H and O–H groups in total. The highest BCUT2D eigenvalue weighted by molar-refractivity contribution is 6.18. The molecule has 0 spiro atoms. The maximum atomic E-state index is 5.68. The molecule has 1 nitrogen and oxygen atoms in total. The lowest BCUT2D eigenvalue weighted by Crippen LogP contribution is -1.98. The van der Waals surface area contributed by atoms with Crippen LogP contribution < -0.4 is 4.74 Å². The molecule has 82 valence electrons. The Hall–Kier alpha value is -0.950. The van der Waals surface area contributed by atoms with Crippen LogP contribution in [0.5, 0.6) is 5.75 Å². The van der Waals surface area contributed by atoms with Crippen molar-refractivity contribution in [1.29, 1.82) is 0 Å². The van der Waals surface area contributed by atoms with Crippen molar-refractivity contribution < 1.29 is 4.74 Å². The zero-order chi connectivity index (χ0) is 11.3. The van der Waals surface area contributed by atoms with Crippen molar-refractivity contribution >= 4 is 11.6 Å². The minimum atomic E-state index is 0.537. The molecule has 0 saturated carbocycles. The summed E-state index contributed by atoms with van der Waals surface area (Å²) in [4.78, 5) is 0. The SMILES string of the molecule is Cc1cc(C)c(OCC=CCCl)c(C)c1. The van der Waals surface area contributed by atoms with Crippen LogP contribution in [0, 0.1) is 20.8 Å². The van der Waals surface area contributed by atoms with Crippen molar-refractivity contribution in [2.24, 2.45) is 0 Å². The van der Waals surface area contributed by atoms with E-state index in [-0.39, 0.29) is 0 Å². The standard InChI is InChI=1S/C13H17ClO/c1-10-8-11(2)13(12(3)9-10)15-7-5-4-6-14/h4-5,8-9H,6-7H2,1-3H3. The third kappa shape index (κ3) is 3.60. The first kappa shape index (κ1) is 12.1. The summed E-state index contributed by atoms with van der Waals surface area (Å²) in [5, 5.41) is 0. The number of alkyl halides is 1. The van der Waals surface area contributed by atoms with Crippen LogP contribution in [-0.4, -0.2) is 12.5 Å². The van der Waals surface area contributed by atoms with E-state index in [9.17, 15) is 0 Å². The van der Waals surface area contributed by atoms with Crippen LogP contribution in [0.3, 0.4) is 0 Å². The van der Waals surface area contributed by atoms with E-state index < -0.39 is 0 Å². The normalized spacial score (nSPS) is 10.9. The molecule has 2 heteroatoms. The monoisotopic (exact) mass is 224 g/mol. The quantitative estimate of drug-likeness (QED) is 0.559. The molecule has 1 aromatic carbocycles. The third-order valence-corrected chi connectivity index (χ3v) is 2.36. The van der Waals surface area contributed by atoms with Gasteiger partial charge in [0.1, 0.15) is 12.4 Å². The summed E-state index contributed by atoms with van der Waals surface area (Å²) in [6.45, 7) is 6.82. The van der Waals surface area contributed by atoms with Gasteiger partial charge in [-0.15, -0.1) is 11.6 Å². The molecule has 0 atom stereocenters. The van der Waals surface area contributed by atoms with E-state index in [0.717, 1.165) is 5.75 Å². The fourth-order valence-corrected chi connectivity index (χ4v) is 1.78. The molecule has 0 aliphatic carbocycles. The Bertz CT molecular complexity index is 333. The predicted octanol–water partition coefficient (Wildman–Crippen LogP) is 3.79. The van der Waals surface area contributed by atoms with Gasteiger partial charge in [0, 0.05) is 5.88 Å². The highest BCUT2D eigenvalue weighted by Gasteiger charge is 2.03. The van der Waals surface area contributed by atoms with Gasteiger partial charge in [-0.3, -0.25) is 0 Å². The highest BCUT2D eigenvalue weighted by atomic mass is 35.5. The molecule has 1 rings (SSSR count). The van der Waals surface area contributed by atoms with Gasteiger partial charge in [-0.05, 0) is 31.9 Å². The highest BCUT2D eigenvalue weighted by Crippen LogP contribution is 2.24. The number of aryl methyl sites for hydroxylation is 3. The lowest BCUT2D eigenvalue weighted by Gasteiger charge is -2.11. The number of hydrogen-bond acceptors (Lipinski definition) is 1. The van der Waals surface area contributed by atoms with Crippen molar-refractivity contribution in [2.75, 3.05) is 12.5 Å². The van der Waals surface area contributed by atoms with E-state index >= 15 is 0 Å². The van der Waals surface area contributed by atoms with Crippen molar-refractivity contribution in [3.63, 3.8) is 0 Å². The zero-order valence-electron chi connectivity index (χ0n) is 9.51. The summed E-state index contributed by atoms with van der Waals surface area (Å²) in [5.41, 5.74) is 3.65. The van der Waals surface area contributed by atoms with Crippen molar-refractivity contribution in [2.45, 2.75) is 20.8 Å². The number of hydrogen-bond donors (Lipinski definition) is 0. The molecule has 0 fully saturated rings. The Morgan fingerprint density at radius 3 is 2.27 bits per heavy atom. The number of ether oxygens (including phenoxy) is 1. The summed E-state index contributed by atoms with van der Waals surface area (Å²) >= 11 is 5.52. The molecule has 0 amide bonds. The third-order valence-electron chi connectivity index (χ3n) is 2.18. The van der Waals surface area contributed by atoms with Gasteiger partial charge >= 0.3 is 0 Å². The van der Waals surface area contributed by atoms with E-state index in [0.29, 0.717) is 12.5 Å². The Kier molecular flexibility index (Phi) is 4.70. The second-order valence-electron chi connectivity index (χ2n) is 3.66. The smallest absolute Gasteiger partial charge is 0.125 e. The van der Waals surface area contributed by atoms with Gasteiger partial charge in [0.25, 0.3) is 0 Å². The minimum Gasteiger partial charge on any atom is -0.489 e. The van der Waals surface area contributed by atoms with Gasteiger partial charge in [0.15, 0.2) is 0 Å². The molecule has 0 radical (unpaired) electrons. The molecule has 0 aliphatic heterocycles. The molecular weight excluding hydrogens is 208 g/mol. The van der Waals surface area contributed by atoms with Gasteiger partial charge in [-0.1, -0.05) is 29.8 Å². The number of allylic oxidation sites excluding steroid dienone is 1. The summed E-state index contributed by atoms with van der Waals surface area (Å²) in [6, 6.07) is 4.27. The Labute approximate surface area is 96.7 Å². The summed E-state index contributed by atoms with van der Waals surface area (Å²) in [5.74, 6) is 1.52. The van der Waals surface area contributed by atoms with Crippen LogP contribution >= 0.6 is 11.6 Å². The fourth-order valence-electron chi connectivity index (χ4n) is 1.66. The number of benzene rings is 1. The number of halogens is 1. The topological polar surface area (TPSA) is 9.23 Å². The molecular formula is C13H17ClO. The van der Waals surface area contributed by atoms with Gasteiger partial charge in [-0.2, -0.15) is 0 Å². The molecule has 0 aliphatic rings. The molecule has 1 aromatic rings. The summed E-state index contributed by atoms with van der Waals surface area (Å²) in [6.07, 6.45) is 3.83. The average Bonchev–Trinajstić information content (AvgIpc) is 2.15. The molecule has 15 heavy (non-hydrogen) atoms. The second kappa shape index (κ2) is 5.82. The lowest BCUT2D eigenvalue weighted by molar-refractivity contribution is 0.357. The average molecular weight is 225 g/mol. The van der Waals surface area contributed by atoms with Crippen LogP contribution in [0.4, 0.5) is 0 Å². The predicted molar refractivity (Wildman–Crippen MR) is 66.0 cm³/mol. The van der Waals surface area contributed by atoms with Crippen molar-refractivity contribution in [3.8, 4) is 5.75 Å². The molecule has 0 aromatic heterocycles. The first-order valence-electron chi connectivity index (χ1n) is 5.06. The van der Waals surface area contributed by atoms with E-state index in [1.54, 1.807) is 0 Å². The van der Waals surface area contributed by atoms with Gasteiger partial charge in [0.2, 0.25) is 0 Å². The van der Waals surface area contributed by atoms with Crippen molar-refractivity contribution in [1.82, 2.24) is 0 Å². The van der Waals surface area contributed by atoms with E-state index in [1.807, 2.05) is 12.2 Å². The number of rotatable bonds is 4.